The average Bonchev–Trinajstić information content (AvgIpc) is 2.45. The third-order valence-corrected chi connectivity index (χ3v) is 4.32. The molecule has 1 aliphatic carbocycles. The van der Waals surface area contributed by atoms with Gasteiger partial charge in [0.05, 0.1) is 12.2 Å². The number of hydrogen-bond acceptors (Lipinski definition) is 4. The number of rotatable bonds is 6. The first kappa shape index (κ1) is 19.0. The van der Waals surface area contributed by atoms with Gasteiger partial charge in [0.1, 0.15) is 0 Å². The minimum Gasteiger partial charge on any atom is -0.435 e. The van der Waals surface area contributed by atoms with Crippen LogP contribution in [0.3, 0.4) is 0 Å². The topological polar surface area (TPSA) is 59.3 Å². The van der Waals surface area contributed by atoms with Crippen LogP contribution in [0.2, 0.25) is 0 Å². The number of esters is 1. The fraction of sp³-hybridized carbons (Fsp3) is 0.889. The highest BCUT2D eigenvalue weighted by Gasteiger charge is 2.36. The number of ether oxygens (including phenoxy) is 2. The molecule has 0 N–H and O–H groups in total. The zero-order valence-corrected chi connectivity index (χ0v) is 14.8. The molecule has 1 fully saturated rings. The second-order valence-electron chi connectivity index (χ2n) is 7.79. The molecule has 4 heteroatoms. The van der Waals surface area contributed by atoms with E-state index in [1.54, 1.807) is 6.92 Å². The Balaban J connectivity index is 2.73. The maximum absolute atomic E-state index is 12.3. The third-order valence-electron chi connectivity index (χ3n) is 4.32. The lowest BCUT2D eigenvalue weighted by Crippen LogP contribution is -2.36. The third kappa shape index (κ3) is 5.96. The number of hydrogen-bond donors (Lipinski definition) is 0. The van der Waals surface area contributed by atoms with Crippen LogP contribution in [0.4, 0.5) is 0 Å². The summed E-state index contributed by atoms with van der Waals surface area (Å²) in [6.45, 7) is 9.75. The van der Waals surface area contributed by atoms with E-state index in [0.717, 1.165) is 12.8 Å². The van der Waals surface area contributed by atoms with Crippen molar-refractivity contribution in [3.63, 3.8) is 0 Å². The second kappa shape index (κ2) is 7.97. The van der Waals surface area contributed by atoms with Crippen molar-refractivity contribution in [3.05, 3.63) is 0 Å². The fourth-order valence-electron chi connectivity index (χ4n) is 2.55. The highest BCUT2D eigenvalue weighted by Crippen LogP contribution is 2.30. The van der Waals surface area contributed by atoms with Crippen LogP contribution in [-0.4, -0.2) is 18.4 Å². The number of carbonyl (C=O) groups is 1. The molecule has 0 radical (unpaired) electrons. The molecule has 0 bridgehead atoms. The quantitative estimate of drug-likeness (QED) is 0.532. The Kier molecular flexibility index (Phi) is 6.87. The van der Waals surface area contributed by atoms with Crippen molar-refractivity contribution in [2.75, 3.05) is 0 Å². The Labute approximate surface area is 135 Å². The van der Waals surface area contributed by atoms with Gasteiger partial charge in [-0.2, -0.15) is 5.26 Å². The molecule has 2 atom stereocenters. The van der Waals surface area contributed by atoms with Crippen LogP contribution >= 0.6 is 0 Å². The molecule has 22 heavy (non-hydrogen) atoms. The summed E-state index contributed by atoms with van der Waals surface area (Å²) >= 11 is 0. The highest BCUT2D eigenvalue weighted by molar-refractivity contribution is 5.79. The fourth-order valence-corrected chi connectivity index (χ4v) is 2.55. The summed E-state index contributed by atoms with van der Waals surface area (Å²) in [6.07, 6.45) is 6.35. The van der Waals surface area contributed by atoms with E-state index in [4.69, 9.17) is 9.47 Å². The predicted molar refractivity (Wildman–Crippen MR) is 85.9 cm³/mol. The Morgan fingerprint density at radius 1 is 1.23 bits per heavy atom. The first-order valence-corrected chi connectivity index (χ1v) is 8.48. The number of carbonyl (C=O) groups excluding carboxylic acids is 1. The minimum absolute atomic E-state index is 0.00509. The molecule has 1 saturated carbocycles. The Morgan fingerprint density at radius 2 is 1.82 bits per heavy atom. The van der Waals surface area contributed by atoms with Crippen molar-refractivity contribution in [2.45, 2.75) is 92.0 Å². The van der Waals surface area contributed by atoms with Crippen LogP contribution in [0.1, 0.15) is 79.6 Å². The van der Waals surface area contributed by atoms with Crippen LogP contribution in [0, 0.1) is 22.2 Å². The maximum Gasteiger partial charge on any atom is 0.328 e. The van der Waals surface area contributed by atoms with Gasteiger partial charge in [-0.1, -0.05) is 47.0 Å². The van der Waals surface area contributed by atoms with E-state index in [1.165, 1.54) is 19.3 Å². The lowest BCUT2D eigenvalue weighted by Gasteiger charge is -2.32. The molecule has 1 aliphatic rings. The smallest absolute Gasteiger partial charge is 0.328 e. The van der Waals surface area contributed by atoms with Crippen molar-refractivity contribution >= 4 is 5.97 Å². The summed E-state index contributed by atoms with van der Waals surface area (Å²) in [4.78, 5) is 12.3. The molecule has 0 heterocycles. The molecule has 0 spiro atoms. The minimum atomic E-state index is -1.09. The molecular formula is C18H31NO3. The lowest BCUT2D eigenvalue weighted by atomic mass is 9.89. The molecular weight excluding hydrogens is 278 g/mol. The summed E-state index contributed by atoms with van der Waals surface area (Å²) in [7, 11) is 0. The molecule has 0 saturated heterocycles. The summed E-state index contributed by atoms with van der Waals surface area (Å²) in [6, 6.07) is 2.07. The molecule has 0 amide bonds. The van der Waals surface area contributed by atoms with E-state index in [1.807, 2.05) is 6.92 Å². The summed E-state index contributed by atoms with van der Waals surface area (Å²) in [5.74, 6) is -0.470. The number of nitriles is 1. The van der Waals surface area contributed by atoms with Crippen LogP contribution in [0.25, 0.3) is 0 Å². The Hall–Kier alpha value is -1.08. The summed E-state index contributed by atoms with van der Waals surface area (Å²) in [5, 5.41) is 9.23. The number of nitrogens with zero attached hydrogens (tertiary/aromatic N) is 1. The molecule has 1 rings (SSSR count). The molecule has 4 nitrogen and oxygen atoms in total. The average molecular weight is 309 g/mol. The second-order valence-corrected chi connectivity index (χ2v) is 7.79. The first-order chi connectivity index (χ1) is 10.2. The maximum atomic E-state index is 12.3. The monoisotopic (exact) mass is 309 g/mol. The van der Waals surface area contributed by atoms with Crippen LogP contribution < -0.4 is 0 Å². The van der Waals surface area contributed by atoms with Crippen molar-refractivity contribution < 1.29 is 14.3 Å². The standard InChI is InChI=1S/C18H31NO3/c1-6-18(5,13-19)16(20)22-15(12-17(2,3)4)21-14-10-8-7-9-11-14/h14-15H,6-12H2,1-5H3. The van der Waals surface area contributed by atoms with Gasteiger partial charge >= 0.3 is 5.97 Å². The van der Waals surface area contributed by atoms with Gasteiger partial charge in [-0.3, -0.25) is 4.79 Å². The van der Waals surface area contributed by atoms with Gasteiger partial charge in [-0.25, -0.2) is 0 Å². The Morgan fingerprint density at radius 3 is 2.27 bits per heavy atom. The van der Waals surface area contributed by atoms with Gasteiger partial charge in [0.25, 0.3) is 0 Å². The van der Waals surface area contributed by atoms with Gasteiger partial charge in [0.2, 0.25) is 6.29 Å². The summed E-state index contributed by atoms with van der Waals surface area (Å²) in [5.41, 5.74) is -1.10. The van der Waals surface area contributed by atoms with E-state index >= 15 is 0 Å². The van der Waals surface area contributed by atoms with Gasteiger partial charge in [-0.05, 0) is 31.6 Å². The summed E-state index contributed by atoms with van der Waals surface area (Å²) < 4.78 is 11.7. The van der Waals surface area contributed by atoms with E-state index < -0.39 is 17.7 Å². The molecule has 0 aromatic heterocycles. The van der Waals surface area contributed by atoms with E-state index in [0.29, 0.717) is 12.8 Å². The van der Waals surface area contributed by atoms with Gasteiger partial charge in [-0.15, -0.1) is 0 Å². The zero-order valence-electron chi connectivity index (χ0n) is 14.8. The molecule has 0 aromatic rings. The largest absolute Gasteiger partial charge is 0.435 e. The first-order valence-electron chi connectivity index (χ1n) is 8.48. The van der Waals surface area contributed by atoms with E-state index in [2.05, 4.69) is 26.8 Å². The SMILES string of the molecule is CCC(C)(C#N)C(=O)OC(CC(C)(C)C)OC1CCCCC1. The molecule has 0 aromatic carbocycles. The highest BCUT2D eigenvalue weighted by atomic mass is 16.7. The molecule has 126 valence electrons. The van der Waals surface area contributed by atoms with Gasteiger partial charge in [0, 0.05) is 6.42 Å². The zero-order chi connectivity index (χ0) is 16.8. The van der Waals surface area contributed by atoms with Crippen molar-refractivity contribution in [1.82, 2.24) is 0 Å². The molecule has 2 unspecified atom stereocenters. The van der Waals surface area contributed by atoms with Crippen molar-refractivity contribution in [1.29, 1.82) is 5.26 Å². The van der Waals surface area contributed by atoms with E-state index in [9.17, 15) is 10.1 Å². The van der Waals surface area contributed by atoms with Crippen LogP contribution in [-0.2, 0) is 14.3 Å². The van der Waals surface area contributed by atoms with Crippen molar-refractivity contribution in [3.8, 4) is 6.07 Å². The van der Waals surface area contributed by atoms with Crippen LogP contribution in [0.15, 0.2) is 0 Å². The lowest BCUT2D eigenvalue weighted by molar-refractivity contribution is -0.206. The van der Waals surface area contributed by atoms with Gasteiger partial charge < -0.3 is 9.47 Å². The molecule has 0 aliphatic heterocycles. The Bertz CT molecular complexity index is 402. The van der Waals surface area contributed by atoms with Gasteiger partial charge in [0.15, 0.2) is 5.41 Å². The predicted octanol–water partition coefficient (Wildman–Crippen LogP) is 4.58. The van der Waals surface area contributed by atoms with Crippen LogP contribution in [0.5, 0.6) is 0 Å². The van der Waals surface area contributed by atoms with Crippen molar-refractivity contribution in [2.24, 2.45) is 10.8 Å². The normalized spacial score (nSPS) is 20.7. The van der Waals surface area contributed by atoms with E-state index in [-0.39, 0.29) is 11.5 Å².